The molecule has 1 saturated heterocycles. The van der Waals surface area contributed by atoms with Gasteiger partial charge in [0.15, 0.2) is 0 Å². The second-order valence-electron chi connectivity index (χ2n) is 4.57. The molecule has 2 rings (SSSR count). The number of hydrogen-bond donors (Lipinski definition) is 1. The van der Waals surface area contributed by atoms with Gasteiger partial charge in [-0.3, -0.25) is 0 Å². The Balaban J connectivity index is 1.92. The lowest BCUT2D eigenvalue weighted by atomic mass is 10.2. The normalized spacial score (nSPS) is 20.2. The highest BCUT2D eigenvalue weighted by Crippen LogP contribution is 2.17. The maximum absolute atomic E-state index is 13.6. The van der Waals surface area contributed by atoms with E-state index in [9.17, 15) is 4.39 Å². The molecule has 1 atom stereocenters. The van der Waals surface area contributed by atoms with Crippen LogP contribution in [0.3, 0.4) is 0 Å². The Labute approximate surface area is 117 Å². The molecule has 0 amide bonds. The molecule has 104 valence electrons. The first kappa shape index (κ1) is 14.2. The van der Waals surface area contributed by atoms with Crippen molar-refractivity contribution in [2.24, 2.45) is 5.73 Å². The zero-order valence-electron chi connectivity index (χ0n) is 10.8. The second kappa shape index (κ2) is 6.27. The number of halogens is 1. The van der Waals surface area contributed by atoms with Crippen LogP contribution in [0.25, 0.3) is 0 Å². The largest absolute Gasteiger partial charge is 0.491 e. The molecule has 1 aromatic rings. The van der Waals surface area contributed by atoms with E-state index >= 15 is 0 Å². The Bertz CT molecular complexity index is 470. The minimum atomic E-state index is -0.466. The van der Waals surface area contributed by atoms with Crippen molar-refractivity contribution in [3.05, 3.63) is 29.6 Å². The van der Waals surface area contributed by atoms with Gasteiger partial charge in [-0.15, -0.1) is 0 Å². The van der Waals surface area contributed by atoms with E-state index in [4.69, 9.17) is 27.4 Å². The van der Waals surface area contributed by atoms with Gasteiger partial charge < -0.3 is 20.1 Å². The van der Waals surface area contributed by atoms with Crippen molar-refractivity contribution in [1.82, 2.24) is 4.90 Å². The SMILES string of the molecule is CN1CCOC(COc2ccc(C(N)=S)c(F)c2)C1. The van der Waals surface area contributed by atoms with Crippen LogP contribution in [-0.4, -0.2) is 49.3 Å². The molecule has 0 radical (unpaired) electrons. The van der Waals surface area contributed by atoms with E-state index in [0.29, 0.717) is 19.0 Å². The minimum Gasteiger partial charge on any atom is -0.491 e. The van der Waals surface area contributed by atoms with Gasteiger partial charge in [-0.05, 0) is 19.2 Å². The summed E-state index contributed by atoms with van der Waals surface area (Å²) in [5.41, 5.74) is 5.63. The van der Waals surface area contributed by atoms with Crippen molar-refractivity contribution >= 4 is 17.2 Å². The van der Waals surface area contributed by atoms with E-state index < -0.39 is 5.82 Å². The molecule has 0 aliphatic carbocycles. The lowest BCUT2D eigenvalue weighted by Gasteiger charge is -2.29. The molecule has 19 heavy (non-hydrogen) atoms. The highest BCUT2D eigenvalue weighted by Gasteiger charge is 2.18. The van der Waals surface area contributed by atoms with E-state index in [1.807, 2.05) is 7.05 Å². The van der Waals surface area contributed by atoms with Gasteiger partial charge in [-0.25, -0.2) is 4.39 Å². The first-order chi connectivity index (χ1) is 9.06. The molecule has 0 bridgehead atoms. The van der Waals surface area contributed by atoms with Crippen LogP contribution >= 0.6 is 12.2 Å². The van der Waals surface area contributed by atoms with E-state index in [0.717, 1.165) is 13.1 Å². The predicted octanol–water partition coefficient (Wildman–Crippen LogP) is 1.17. The molecular formula is C13H17FN2O2S. The highest BCUT2D eigenvalue weighted by atomic mass is 32.1. The summed E-state index contributed by atoms with van der Waals surface area (Å²) in [4.78, 5) is 2.22. The number of likely N-dealkylation sites (N-methyl/N-ethyl adjacent to an activating group) is 1. The van der Waals surface area contributed by atoms with Crippen LogP contribution in [0.2, 0.25) is 0 Å². The monoisotopic (exact) mass is 284 g/mol. The van der Waals surface area contributed by atoms with Crippen molar-refractivity contribution in [2.75, 3.05) is 33.4 Å². The number of thiocarbonyl (C=S) groups is 1. The standard InChI is InChI=1S/C13H17FN2O2S/c1-16-4-5-17-10(7-16)8-18-9-2-3-11(13(15)19)12(14)6-9/h2-3,6,10H,4-5,7-8H2,1H3,(H2,15,19). The Morgan fingerprint density at radius 1 is 1.63 bits per heavy atom. The number of morpholine rings is 1. The highest BCUT2D eigenvalue weighted by molar-refractivity contribution is 7.80. The molecule has 1 aliphatic rings. The molecule has 1 unspecified atom stereocenters. The summed E-state index contributed by atoms with van der Waals surface area (Å²) in [5.74, 6) is -0.0130. The topological polar surface area (TPSA) is 47.7 Å². The molecular weight excluding hydrogens is 267 g/mol. The molecule has 0 aromatic heterocycles. The number of ether oxygens (including phenoxy) is 2. The summed E-state index contributed by atoms with van der Waals surface area (Å²) >= 11 is 4.74. The van der Waals surface area contributed by atoms with E-state index in [2.05, 4.69) is 4.90 Å². The molecule has 1 fully saturated rings. The van der Waals surface area contributed by atoms with Gasteiger partial charge in [0, 0.05) is 24.7 Å². The van der Waals surface area contributed by atoms with Gasteiger partial charge in [-0.1, -0.05) is 12.2 Å². The smallest absolute Gasteiger partial charge is 0.137 e. The quantitative estimate of drug-likeness (QED) is 0.841. The van der Waals surface area contributed by atoms with E-state index in [1.165, 1.54) is 12.1 Å². The molecule has 0 spiro atoms. The number of nitrogens with two attached hydrogens (primary N) is 1. The summed E-state index contributed by atoms with van der Waals surface area (Å²) in [7, 11) is 2.03. The first-order valence-electron chi connectivity index (χ1n) is 6.08. The van der Waals surface area contributed by atoms with Crippen molar-refractivity contribution in [3.63, 3.8) is 0 Å². The molecule has 2 N–H and O–H groups in total. The van der Waals surface area contributed by atoms with Gasteiger partial charge in [-0.2, -0.15) is 0 Å². The molecule has 6 heteroatoms. The van der Waals surface area contributed by atoms with Gasteiger partial charge in [0.1, 0.15) is 29.3 Å². The summed E-state index contributed by atoms with van der Waals surface area (Å²) in [6.07, 6.45) is 0.0112. The number of hydrogen-bond acceptors (Lipinski definition) is 4. The maximum Gasteiger partial charge on any atom is 0.137 e. The fraction of sp³-hybridized carbons (Fsp3) is 0.462. The Morgan fingerprint density at radius 3 is 3.05 bits per heavy atom. The zero-order valence-corrected chi connectivity index (χ0v) is 11.6. The predicted molar refractivity (Wildman–Crippen MR) is 75.0 cm³/mol. The Morgan fingerprint density at radius 2 is 2.42 bits per heavy atom. The molecule has 1 heterocycles. The first-order valence-corrected chi connectivity index (χ1v) is 6.49. The van der Waals surface area contributed by atoms with Gasteiger partial charge >= 0.3 is 0 Å². The third-order valence-corrected chi connectivity index (χ3v) is 3.20. The fourth-order valence-corrected chi connectivity index (χ4v) is 2.11. The van der Waals surface area contributed by atoms with E-state index in [1.54, 1.807) is 6.07 Å². The van der Waals surface area contributed by atoms with Crippen LogP contribution < -0.4 is 10.5 Å². The van der Waals surface area contributed by atoms with Crippen LogP contribution in [0.15, 0.2) is 18.2 Å². The van der Waals surface area contributed by atoms with Crippen LogP contribution in [0.1, 0.15) is 5.56 Å². The maximum atomic E-state index is 13.6. The Kier molecular flexibility index (Phi) is 4.68. The molecule has 4 nitrogen and oxygen atoms in total. The second-order valence-corrected chi connectivity index (χ2v) is 5.01. The summed E-state index contributed by atoms with van der Waals surface area (Å²) < 4.78 is 24.7. The zero-order chi connectivity index (χ0) is 13.8. The van der Waals surface area contributed by atoms with E-state index in [-0.39, 0.29) is 16.7 Å². The van der Waals surface area contributed by atoms with Crippen molar-refractivity contribution < 1.29 is 13.9 Å². The summed E-state index contributed by atoms with van der Waals surface area (Å²) in [5, 5.41) is 0. The van der Waals surface area contributed by atoms with Gasteiger partial charge in [0.05, 0.1) is 6.61 Å². The number of rotatable bonds is 4. The molecule has 0 saturated carbocycles. The van der Waals surface area contributed by atoms with Crippen molar-refractivity contribution in [1.29, 1.82) is 0 Å². The number of nitrogens with zero attached hydrogens (tertiary/aromatic N) is 1. The fourth-order valence-electron chi connectivity index (χ4n) is 1.94. The van der Waals surface area contributed by atoms with Gasteiger partial charge in [0.2, 0.25) is 0 Å². The van der Waals surface area contributed by atoms with Crippen LogP contribution in [0.4, 0.5) is 4.39 Å². The molecule has 1 aromatic carbocycles. The Hall–Kier alpha value is -1.24. The average molecular weight is 284 g/mol. The molecule has 1 aliphatic heterocycles. The summed E-state index contributed by atoms with van der Waals surface area (Å²) in [6, 6.07) is 4.48. The third kappa shape index (κ3) is 3.86. The lowest BCUT2D eigenvalue weighted by molar-refractivity contribution is -0.0403. The van der Waals surface area contributed by atoms with Crippen LogP contribution in [0.5, 0.6) is 5.75 Å². The average Bonchev–Trinajstić information content (AvgIpc) is 2.36. The van der Waals surface area contributed by atoms with Crippen molar-refractivity contribution in [3.8, 4) is 5.75 Å². The lowest BCUT2D eigenvalue weighted by Crippen LogP contribution is -2.42. The van der Waals surface area contributed by atoms with Gasteiger partial charge in [0.25, 0.3) is 0 Å². The number of benzene rings is 1. The minimum absolute atomic E-state index is 0.0112. The third-order valence-electron chi connectivity index (χ3n) is 2.98. The summed E-state index contributed by atoms with van der Waals surface area (Å²) in [6.45, 7) is 2.83. The van der Waals surface area contributed by atoms with Crippen molar-refractivity contribution in [2.45, 2.75) is 6.10 Å². The van der Waals surface area contributed by atoms with Crippen LogP contribution in [-0.2, 0) is 4.74 Å². The van der Waals surface area contributed by atoms with Crippen LogP contribution in [0, 0.1) is 5.82 Å².